The Morgan fingerprint density at radius 3 is 2.79 bits per heavy atom. The molecule has 0 spiro atoms. The number of anilines is 1. The second kappa shape index (κ2) is 3.62. The summed E-state index contributed by atoms with van der Waals surface area (Å²) in [6.45, 7) is 0. The number of hydrogen-bond donors (Lipinski definition) is 1. The molecule has 74 valence electrons. The Balaban J connectivity index is 2.86. The van der Waals surface area contributed by atoms with Crippen molar-refractivity contribution in [2.24, 2.45) is 0 Å². The Morgan fingerprint density at radius 2 is 2.14 bits per heavy atom. The number of nitrogen functional groups attached to an aromatic ring is 1. The molecule has 1 nitrogen and oxygen atoms in total. The van der Waals surface area contributed by atoms with Gasteiger partial charge in [-0.3, -0.25) is 0 Å². The zero-order chi connectivity index (χ0) is 10.3. The second-order valence-corrected chi connectivity index (χ2v) is 4.93. The van der Waals surface area contributed by atoms with Gasteiger partial charge in [-0.2, -0.15) is 0 Å². The second-order valence-electron chi connectivity index (χ2n) is 2.82. The molecule has 1 heterocycles. The van der Waals surface area contributed by atoms with Crippen molar-refractivity contribution in [1.82, 2.24) is 0 Å². The Kier molecular flexibility index (Phi) is 2.61. The summed E-state index contributed by atoms with van der Waals surface area (Å²) in [6.07, 6.45) is -2.51. The molecule has 1 aromatic heterocycles. The molecule has 0 radical (unpaired) electrons. The van der Waals surface area contributed by atoms with Crippen LogP contribution < -0.4 is 5.73 Å². The van der Waals surface area contributed by atoms with Crippen molar-refractivity contribution < 1.29 is 8.78 Å². The molecule has 14 heavy (non-hydrogen) atoms. The standard InChI is InChI=1S/C9H6F2INS/c10-9(11)7-4-1-2-14-6(4)3-5(12)8(7)13/h1-3,9H,13H2. The van der Waals surface area contributed by atoms with E-state index in [4.69, 9.17) is 5.73 Å². The number of benzene rings is 1. The predicted octanol–water partition coefficient (Wildman–Crippen LogP) is 4.03. The lowest BCUT2D eigenvalue weighted by molar-refractivity contribution is 0.154. The minimum absolute atomic E-state index is 0.0341. The van der Waals surface area contributed by atoms with E-state index in [-0.39, 0.29) is 11.3 Å². The third-order valence-corrected chi connectivity index (χ3v) is 3.77. The van der Waals surface area contributed by atoms with Crippen LogP contribution in [0.1, 0.15) is 12.0 Å². The molecule has 1 aromatic carbocycles. The summed E-state index contributed by atoms with van der Waals surface area (Å²) in [7, 11) is 0. The molecular weight excluding hydrogens is 319 g/mol. The molecule has 2 N–H and O–H groups in total. The molecule has 0 unspecified atom stereocenters. The Morgan fingerprint density at radius 1 is 1.43 bits per heavy atom. The largest absolute Gasteiger partial charge is 0.397 e. The van der Waals surface area contributed by atoms with Crippen molar-refractivity contribution in [3.05, 3.63) is 26.6 Å². The molecule has 0 saturated carbocycles. The van der Waals surface area contributed by atoms with Crippen LogP contribution in [0.5, 0.6) is 0 Å². The minimum Gasteiger partial charge on any atom is -0.397 e. The molecule has 0 bridgehead atoms. The maximum absolute atomic E-state index is 12.7. The molecule has 0 aliphatic rings. The first kappa shape index (κ1) is 10.1. The lowest BCUT2D eigenvalue weighted by Crippen LogP contribution is -1.98. The maximum Gasteiger partial charge on any atom is 0.266 e. The van der Waals surface area contributed by atoms with Crippen molar-refractivity contribution in [3.8, 4) is 0 Å². The third kappa shape index (κ3) is 1.48. The van der Waals surface area contributed by atoms with Gasteiger partial charge in [-0.1, -0.05) is 0 Å². The summed E-state index contributed by atoms with van der Waals surface area (Å²) in [4.78, 5) is 0. The molecule has 0 atom stereocenters. The number of thiophene rings is 1. The van der Waals surface area contributed by atoms with Crippen molar-refractivity contribution in [2.75, 3.05) is 5.73 Å². The van der Waals surface area contributed by atoms with Crippen LogP contribution in [-0.4, -0.2) is 0 Å². The van der Waals surface area contributed by atoms with Gasteiger partial charge in [-0.25, -0.2) is 8.78 Å². The highest BCUT2D eigenvalue weighted by atomic mass is 127. The SMILES string of the molecule is Nc1c(I)cc2sccc2c1C(F)F. The van der Waals surface area contributed by atoms with Gasteiger partial charge in [0.25, 0.3) is 6.43 Å². The third-order valence-electron chi connectivity index (χ3n) is 2.01. The quantitative estimate of drug-likeness (QED) is 0.622. The molecule has 0 saturated heterocycles. The van der Waals surface area contributed by atoms with E-state index in [1.807, 2.05) is 28.7 Å². The van der Waals surface area contributed by atoms with Gasteiger partial charge < -0.3 is 5.73 Å². The molecule has 5 heteroatoms. The Bertz CT molecular complexity index is 481. The molecule has 0 aliphatic heterocycles. The van der Waals surface area contributed by atoms with Crippen LogP contribution in [0, 0.1) is 3.57 Å². The Labute approximate surface area is 97.1 Å². The van der Waals surface area contributed by atoms with E-state index in [1.165, 1.54) is 11.3 Å². The van der Waals surface area contributed by atoms with Gasteiger partial charge in [-0.15, -0.1) is 11.3 Å². The van der Waals surface area contributed by atoms with Gasteiger partial charge in [-0.05, 0) is 40.1 Å². The van der Waals surface area contributed by atoms with Crippen LogP contribution >= 0.6 is 33.9 Å². The monoisotopic (exact) mass is 325 g/mol. The van der Waals surface area contributed by atoms with Crippen molar-refractivity contribution in [2.45, 2.75) is 6.43 Å². The number of nitrogens with two attached hydrogens (primary N) is 1. The summed E-state index contributed by atoms with van der Waals surface area (Å²) >= 11 is 3.43. The normalized spacial score (nSPS) is 11.4. The van der Waals surface area contributed by atoms with Gasteiger partial charge in [0.2, 0.25) is 0 Å². The highest BCUT2D eigenvalue weighted by Crippen LogP contribution is 2.37. The zero-order valence-corrected chi connectivity index (χ0v) is 9.90. The van der Waals surface area contributed by atoms with Crippen molar-refractivity contribution >= 4 is 49.7 Å². The highest BCUT2D eigenvalue weighted by Gasteiger charge is 2.18. The summed E-state index contributed by atoms with van der Waals surface area (Å²) in [5.41, 5.74) is 5.79. The lowest BCUT2D eigenvalue weighted by Gasteiger charge is -2.08. The fraction of sp³-hybridized carbons (Fsp3) is 0.111. The van der Waals surface area contributed by atoms with Gasteiger partial charge in [0.15, 0.2) is 0 Å². The van der Waals surface area contributed by atoms with Crippen molar-refractivity contribution in [3.63, 3.8) is 0 Å². The Hall–Kier alpha value is -0.430. The fourth-order valence-electron chi connectivity index (χ4n) is 1.36. The van der Waals surface area contributed by atoms with Crippen molar-refractivity contribution in [1.29, 1.82) is 0 Å². The number of rotatable bonds is 1. The molecule has 0 aliphatic carbocycles. The van der Waals surface area contributed by atoms with E-state index >= 15 is 0 Å². The average Bonchev–Trinajstić information content (AvgIpc) is 2.52. The van der Waals surface area contributed by atoms with E-state index in [0.29, 0.717) is 8.96 Å². The van der Waals surface area contributed by atoms with Gasteiger partial charge >= 0.3 is 0 Å². The zero-order valence-electron chi connectivity index (χ0n) is 6.93. The molecule has 2 rings (SSSR count). The number of halogens is 3. The van der Waals surface area contributed by atoms with E-state index in [1.54, 1.807) is 11.4 Å². The molecule has 2 aromatic rings. The number of alkyl halides is 2. The average molecular weight is 325 g/mol. The summed E-state index contributed by atoms with van der Waals surface area (Å²) in [6, 6.07) is 3.52. The van der Waals surface area contributed by atoms with E-state index in [0.717, 1.165) is 4.70 Å². The van der Waals surface area contributed by atoms with E-state index < -0.39 is 6.43 Å². The van der Waals surface area contributed by atoms with Gasteiger partial charge in [0.05, 0.1) is 11.3 Å². The maximum atomic E-state index is 12.7. The molecule has 0 amide bonds. The predicted molar refractivity (Wildman–Crippen MR) is 63.9 cm³/mol. The molecular formula is C9H6F2INS. The van der Waals surface area contributed by atoms with Gasteiger partial charge in [0.1, 0.15) is 0 Å². The number of hydrogen-bond acceptors (Lipinski definition) is 2. The fourth-order valence-corrected chi connectivity index (χ4v) is 3.01. The van der Waals surface area contributed by atoms with E-state index in [2.05, 4.69) is 0 Å². The summed E-state index contributed by atoms with van der Waals surface area (Å²) in [5.74, 6) is 0. The van der Waals surface area contributed by atoms with Crippen LogP contribution in [-0.2, 0) is 0 Å². The van der Waals surface area contributed by atoms with Crippen LogP contribution in [0.25, 0.3) is 10.1 Å². The van der Waals surface area contributed by atoms with Crippen LogP contribution in [0.2, 0.25) is 0 Å². The molecule has 0 fully saturated rings. The smallest absolute Gasteiger partial charge is 0.266 e. The first-order valence-corrected chi connectivity index (χ1v) is 5.80. The minimum atomic E-state index is -2.51. The van der Waals surface area contributed by atoms with Crippen LogP contribution in [0.15, 0.2) is 17.5 Å². The van der Waals surface area contributed by atoms with Crippen LogP contribution in [0.4, 0.5) is 14.5 Å². The summed E-state index contributed by atoms with van der Waals surface area (Å²) < 4.78 is 27.0. The first-order valence-electron chi connectivity index (χ1n) is 3.84. The lowest BCUT2D eigenvalue weighted by atomic mass is 10.1. The first-order chi connectivity index (χ1) is 6.61. The van der Waals surface area contributed by atoms with E-state index in [9.17, 15) is 8.78 Å². The van der Waals surface area contributed by atoms with Crippen LogP contribution in [0.3, 0.4) is 0 Å². The topological polar surface area (TPSA) is 26.0 Å². The summed E-state index contributed by atoms with van der Waals surface area (Å²) in [5, 5.41) is 2.37. The van der Waals surface area contributed by atoms with Gasteiger partial charge in [0, 0.05) is 13.7 Å². The number of fused-ring (bicyclic) bond motifs is 1. The highest BCUT2D eigenvalue weighted by molar-refractivity contribution is 14.1.